The maximum absolute atomic E-state index is 12.3. The average molecular weight is 584 g/mol. The maximum atomic E-state index is 12.3. The third-order valence-corrected chi connectivity index (χ3v) is 7.90. The van der Waals surface area contributed by atoms with Crippen molar-refractivity contribution in [3.05, 3.63) is 52.2 Å². The molecule has 1 aliphatic carbocycles. The van der Waals surface area contributed by atoms with E-state index in [2.05, 4.69) is 41.6 Å². The first kappa shape index (κ1) is 25.3. The molecule has 1 saturated carbocycles. The molecule has 1 fully saturated rings. The number of pyridine rings is 1. The molecule has 3 aromatic heterocycles. The van der Waals surface area contributed by atoms with Crippen LogP contribution < -0.4 is 10.6 Å². The molecule has 0 radical (unpaired) electrons. The largest absolute Gasteiger partial charge is 0.359 e. The van der Waals surface area contributed by atoms with Crippen LogP contribution in [0.1, 0.15) is 31.7 Å². The molecule has 2 N–H and O–H groups in total. The van der Waals surface area contributed by atoms with Crippen molar-refractivity contribution >= 4 is 65.6 Å². The summed E-state index contributed by atoms with van der Waals surface area (Å²) in [6, 6.07) is 7.57. The summed E-state index contributed by atoms with van der Waals surface area (Å²) < 4.78 is 25.8. The van der Waals surface area contributed by atoms with E-state index in [1.807, 2.05) is 31.2 Å². The van der Waals surface area contributed by atoms with E-state index in [9.17, 15) is 13.2 Å². The highest BCUT2D eigenvalue weighted by Gasteiger charge is 2.41. The van der Waals surface area contributed by atoms with Crippen molar-refractivity contribution in [1.82, 2.24) is 30.0 Å². The number of amides is 1. The topological polar surface area (TPSA) is 132 Å². The fraction of sp³-hybridized carbons (Fsp3) is 0.320. The smallest absolute Gasteiger partial charge is 0.225 e. The van der Waals surface area contributed by atoms with E-state index < -0.39 is 15.3 Å². The van der Waals surface area contributed by atoms with Gasteiger partial charge in [0.2, 0.25) is 11.9 Å². The Hall–Kier alpha value is -3.38. The second-order valence-electron chi connectivity index (χ2n) is 9.60. The number of halogens is 1. The second-order valence-corrected chi connectivity index (χ2v) is 12.3. The van der Waals surface area contributed by atoms with Crippen molar-refractivity contribution in [2.45, 2.75) is 32.2 Å². The van der Waals surface area contributed by atoms with Crippen molar-refractivity contribution in [2.75, 3.05) is 18.6 Å². The van der Waals surface area contributed by atoms with Gasteiger partial charge in [-0.3, -0.25) is 9.78 Å². The van der Waals surface area contributed by atoms with E-state index >= 15 is 0 Å². The van der Waals surface area contributed by atoms with Gasteiger partial charge in [-0.2, -0.15) is 10.1 Å². The molecule has 1 amide bonds. The SMILES string of the molecule is CNC(=O)[C@]1(C)CC[C@@H](Nc2ncc3c(Br)nn(-c4cc(/C=C/S(C)(=O)=O)c5ncccc5c4)c3n2)C1. The lowest BCUT2D eigenvalue weighted by molar-refractivity contribution is -0.129. The molecule has 4 aromatic rings. The average Bonchev–Trinajstić information content (AvgIpc) is 3.41. The van der Waals surface area contributed by atoms with Crippen LogP contribution in [-0.4, -0.2) is 58.4 Å². The summed E-state index contributed by atoms with van der Waals surface area (Å²) in [7, 11) is -1.66. The van der Waals surface area contributed by atoms with Gasteiger partial charge in [-0.15, -0.1) is 0 Å². The standard InChI is InChI=1S/C25H26BrN7O3S/c1-25(23(34)27-2)8-6-17(13-25)30-24-29-14-19-21(26)32-33(22(19)31-24)18-11-15-5-4-9-28-20(15)16(12-18)7-10-37(3,35)36/h4-5,7,9-12,14,17H,6,8,13H2,1-3H3,(H,27,34)(H,29,30,31)/b10-7+/t17-,25-/m1/s1. The molecule has 0 saturated heterocycles. The fourth-order valence-corrected chi connectivity index (χ4v) is 5.66. The zero-order valence-electron chi connectivity index (χ0n) is 20.6. The molecule has 0 unspecified atom stereocenters. The Balaban J connectivity index is 1.55. The Bertz CT molecular complexity index is 1670. The number of hydrogen-bond donors (Lipinski definition) is 2. The molecule has 2 atom stereocenters. The van der Waals surface area contributed by atoms with E-state index in [1.54, 1.807) is 30.2 Å². The number of carbonyl (C=O) groups excluding carboxylic acids is 1. The van der Waals surface area contributed by atoms with E-state index in [4.69, 9.17) is 4.98 Å². The zero-order chi connectivity index (χ0) is 26.4. The van der Waals surface area contributed by atoms with Gasteiger partial charge >= 0.3 is 0 Å². The van der Waals surface area contributed by atoms with Gasteiger partial charge in [-0.1, -0.05) is 13.0 Å². The van der Waals surface area contributed by atoms with Gasteiger partial charge in [0.15, 0.2) is 15.5 Å². The first-order chi connectivity index (χ1) is 17.6. The minimum absolute atomic E-state index is 0.0432. The van der Waals surface area contributed by atoms with Crippen LogP contribution in [-0.2, 0) is 14.6 Å². The van der Waals surface area contributed by atoms with Crippen LogP contribution in [0.25, 0.3) is 33.7 Å². The van der Waals surface area contributed by atoms with E-state index in [0.29, 0.717) is 39.4 Å². The van der Waals surface area contributed by atoms with Crippen molar-refractivity contribution in [1.29, 1.82) is 0 Å². The number of fused-ring (bicyclic) bond motifs is 2. The molecule has 3 heterocycles. The first-order valence-electron chi connectivity index (χ1n) is 11.7. The Morgan fingerprint density at radius 2 is 2.11 bits per heavy atom. The third kappa shape index (κ3) is 5.08. The number of rotatable bonds is 6. The third-order valence-electron chi connectivity index (χ3n) is 6.69. The molecular formula is C25H26BrN7O3S. The Labute approximate surface area is 222 Å². The molecule has 0 spiro atoms. The minimum Gasteiger partial charge on any atom is -0.359 e. The first-order valence-corrected chi connectivity index (χ1v) is 14.5. The van der Waals surface area contributed by atoms with Crippen LogP contribution in [0.4, 0.5) is 5.95 Å². The van der Waals surface area contributed by atoms with E-state index in [1.165, 1.54) is 0 Å². The van der Waals surface area contributed by atoms with Gasteiger partial charge in [0.05, 0.1) is 16.6 Å². The lowest BCUT2D eigenvalue weighted by Gasteiger charge is -2.22. The molecule has 0 aliphatic heterocycles. The van der Waals surface area contributed by atoms with Gasteiger partial charge in [0, 0.05) is 53.5 Å². The number of benzene rings is 1. The lowest BCUT2D eigenvalue weighted by atomic mass is 9.87. The van der Waals surface area contributed by atoms with Crippen LogP contribution in [0.2, 0.25) is 0 Å². The molecular weight excluding hydrogens is 558 g/mol. The van der Waals surface area contributed by atoms with Crippen molar-refractivity contribution in [2.24, 2.45) is 5.41 Å². The van der Waals surface area contributed by atoms with Gasteiger partial charge in [-0.25, -0.2) is 18.1 Å². The molecule has 10 nitrogen and oxygen atoms in total. The molecule has 5 rings (SSSR count). The number of nitrogens with zero attached hydrogens (tertiary/aromatic N) is 5. The van der Waals surface area contributed by atoms with Crippen LogP contribution in [0, 0.1) is 5.41 Å². The Kier molecular flexibility index (Phi) is 6.48. The number of hydrogen-bond acceptors (Lipinski definition) is 8. The highest BCUT2D eigenvalue weighted by atomic mass is 79.9. The van der Waals surface area contributed by atoms with Crippen LogP contribution in [0.5, 0.6) is 0 Å². The molecule has 192 valence electrons. The number of sulfone groups is 1. The summed E-state index contributed by atoms with van der Waals surface area (Å²) in [5.74, 6) is 0.494. The summed E-state index contributed by atoms with van der Waals surface area (Å²) >= 11 is 3.51. The highest BCUT2D eigenvalue weighted by Crippen LogP contribution is 2.39. The molecule has 1 aromatic carbocycles. The Morgan fingerprint density at radius 1 is 1.30 bits per heavy atom. The number of anilines is 1. The molecule has 1 aliphatic rings. The summed E-state index contributed by atoms with van der Waals surface area (Å²) in [5, 5.41) is 13.5. The lowest BCUT2D eigenvalue weighted by Crippen LogP contribution is -2.35. The predicted molar refractivity (Wildman–Crippen MR) is 147 cm³/mol. The zero-order valence-corrected chi connectivity index (χ0v) is 23.0. The van der Waals surface area contributed by atoms with Crippen molar-refractivity contribution < 1.29 is 13.2 Å². The van der Waals surface area contributed by atoms with Crippen molar-refractivity contribution in [3.63, 3.8) is 0 Å². The van der Waals surface area contributed by atoms with Crippen LogP contribution in [0.3, 0.4) is 0 Å². The highest BCUT2D eigenvalue weighted by molar-refractivity contribution is 9.10. The quantitative estimate of drug-likeness (QED) is 0.349. The number of nitrogens with one attached hydrogen (secondary N) is 2. The summed E-state index contributed by atoms with van der Waals surface area (Å²) in [4.78, 5) is 26.0. The molecule has 37 heavy (non-hydrogen) atoms. The number of carbonyl (C=O) groups is 1. The van der Waals surface area contributed by atoms with Crippen LogP contribution >= 0.6 is 15.9 Å². The van der Waals surface area contributed by atoms with Crippen LogP contribution in [0.15, 0.2) is 46.7 Å². The van der Waals surface area contributed by atoms with Gasteiger partial charge in [0.1, 0.15) is 4.60 Å². The maximum Gasteiger partial charge on any atom is 0.225 e. The number of aromatic nitrogens is 5. The predicted octanol–water partition coefficient (Wildman–Crippen LogP) is 3.86. The molecule has 12 heteroatoms. The summed E-state index contributed by atoms with van der Waals surface area (Å²) in [6.07, 6.45) is 8.37. The normalized spacial score (nSPS) is 20.2. The van der Waals surface area contributed by atoms with Gasteiger partial charge in [-0.05, 0) is 59.5 Å². The van der Waals surface area contributed by atoms with E-state index in [0.717, 1.165) is 35.3 Å². The Morgan fingerprint density at radius 3 is 2.86 bits per heavy atom. The minimum atomic E-state index is -3.32. The second kappa shape index (κ2) is 9.49. The fourth-order valence-electron chi connectivity index (χ4n) is 4.82. The summed E-state index contributed by atoms with van der Waals surface area (Å²) in [6.45, 7) is 1.98. The monoisotopic (exact) mass is 583 g/mol. The van der Waals surface area contributed by atoms with Crippen molar-refractivity contribution in [3.8, 4) is 5.69 Å². The molecule has 0 bridgehead atoms. The van der Waals surface area contributed by atoms with Gasteiger partial charge in [0.25, 0.3) is 0 Å². The summed E-state index contributed by atoms with van der Waals surface area (Å²) in [5.41, 5.74) is 2.18. The van der Waals surface area contributed by atoms with Gasteiger partial charge < -0.3 is 10.6 Å². The van der Waals surface area contributed by atoms with E-state index in [-0.39, 0.29) is 11.9 Å².